The second-order valence-electron chi connectivity index (χ2n) is 5.15. The zero-order valence-electron chi connectivity index (χ0n) is 11.3. The highest BCUT2D eigenvalue weighted by atomic mass is 31.2. The summed E-state index contributed by atoms with van der Waals surface area (Å²) in [5.74, 6) is 0.307. The lowest BCUT2D eigenvalue weighted by molar-refractivity contribution is -0.870. The van der Waals surface area contributed by atoms with E-state index in [4.69, 9.17) is 9.05 Å². The second-order valence-corrected chi connectivity index (χ2v) is 6.49. The maximum atomic E-state index is 11.6. The van der Waals surface area contributed by atoms with E-state index in [1.165, 1.54) is 0 Å². The van der Waals surface area contributed by atoms with Crippen LogP contribution in [0.15, 0.2) is 24.3 Å². The topological polar surface area (TPSA) is 58.6 Å². The first-order valence-electron chi connectivity index (χ1n) is 5.71. The number of likely N-dealkylation sites (N-methyl/N-ethyl adjacent to an activating group) is 1. The molecule has 0 saturated heterocycles. The summed E-state index contributed by atoms with van der Waals surface area (Å²) in [4.78, 5) is 11.6. The lowest BCUT2D eigenvalue weighted by atomic mass is 10.2. The fraction of sp³-hybridized carbons (Fsp3) is 0.500. The van der Waals surface area contributed by atoms with Crippen LogP contribution in [0.1, 0.15) is 5.56 Å². The molecule has 0 heterocycles. The van der Waals surface area contributed by atoms with Crippen molar-refractivity contribution in [2.24, 2.45) is 0 Å². The first kappa shape index (κ1) is 15.2. The minimum Gasteiger partial charge on any atom is -0.746 e. The van der Waals surface area contributed by atoms with Crippen molar-refractivity contribution in [1.82, 2.24) is 0 Å². The number of para-hydroxylation sites is 1. The van der Waals surface area contributed by atoms with E-state index < -0.39 is 7.82 Å². The highest BCUT2D eigenvalue weighted by molar-refractivity contribution is 7.46. The molecule has 1 aromatic carbocycles. The molecule has 0 radical (unpaired) electrons. The summed E-state index contributed by atoms with van der Waals surface area (Å²) in [5, 5.41) is 0. The van der Waals surface area contributed by atoms with Crippen LogP contribution in [0.2, 0.25) is 0 Å². The van der Waals surface area contributed by atoms with Crippen LogP contribution in [0, 0.1) is 6.92 Å². The van der Waals surface area contributed by atoms with Crippen molar-refractivity contribution in [3.8, 4) is 5.75 Å². The van der Waals surface area contributed by atoms with Gasteiger partial charge < -0.3 is 18.4 Å². The van der Waals surface area contributed by atoms with Crippen LogP contribution in [0.3, 0.4) is 0 Å². The van der Waals surface area contributed by atoms with Crippen LogP contribution in [-0.4, -0.2) is 38.8 Å². The predicted molar refractivity (Wildman–Crippen MR) is 68.3 cm³/mol. The van der Waals surface area contributed by atoms with Gasteiger partial charge in [-0.1, -0.05) is 18.2 Å². The molecule has 1 unspecified atom stereocenters. The number of hydrogen-bond acceptors (Lipinski definition) is 4. The number of nitrogens with zero attached hydrogens (tertiary/aromatic N) is 1. The molecular formula is C12H20NO4P. The molecule has 1 atom stereocenters. The van der Waals surface area contributed by atoms with Gasteiger partial charge in [0.25, 0.3) is 0 Å². The van der Waals surface area contributed by atoms with Gasteiger partial charge in [0, 0.05) is 0 Å². The van der Waals surface area contributed by atoms with Crippen LogP contribution < -0.4 is 9.42 Å². The van der Waals surface area contributed by atoms with Gasteiger partial charge in [-0.05, 0) is 18.6 Å². The minimum atomic E-state index is -4.29. The average Bonchev–Trinajstić information content (AvgIpc) is 2.18. The maximum Gasteiger partial charge on any atom is 0.319 e. The smallest absolute Gasteiger partial charge is 0.319 e. The highest BCUT2D eigenvalue weighted by Crippen LogP contribution is 2.40. The molecule has 1 aromatic rings. The molecule has 102 valence electrons. The summed E-state index contributed by atoms with van der Waals surface area (Å²) in [7, 11) is 1.59. The molecule has 0 bridgehead atoms. The van der Waals surface area contributed by atoms with E-state index in [9.17, 15) is 9.46 Å². The van der Waals surface area contributed by atoms with Gasteiger partial charge in [-0.25, -0.2) is 0 Å². The first-order chi connectivity index (χ1) is 8.20. The number of aryl methyl sites for hydroxylation is 1. The third kappa shape index (κ3) is 5.65. The fourth-order valence-electron chi connectivity index (χ4n) is 1.23. The van der Waals surface area contributed by atoms with Gasteiger partial charge in [0.15, 0.2) is 0 Å². The normalized spacial score (nSPS) is 15.2. The summed E-state index contributed by atoms with van der Waals surface area (Å²) < 4.78 is 22.0. The van der Waals surface area contributed by atoms with E-state index in [2.05, 4.69) is 0 Å². The van der Waals surface area contributed by atoms with Crippen molar-refractivity contribution >= 4 is 7.82 Å². The van der Waals surface area contributed by atoms with Crippen molar-refractivity contribution in [3.63, 3.8) is 0 Å². The summed E-state index contributed by atoms with van der Waals surface area (Å²) >= 11 is 0. The zero-order valence-corrected chi connectivity index (χ0v) is 12.1. The Bertz CT molecular complexity index is 442. The maximum absolute atomic E-state index is 11.6. The van der Waals surface area contributed by atoms with Gasteiger partial charge in [-0.3, -0.25) is 4.57 Å². The van der Waals surface area contributed by atoms with Crippen LogP contribution in [0.5, 0.6) is 5.75 Å². The Morgan fingerprint density at radius 3 is 2.44 bits per heavy atom. The summed E-state index contributed by atoms with van der Waals surface area (Å²) in [5.41, 5.74) is 0.753. The fourth-order valence-corrected chi connectivity index (χ4v) is 2.04. The van der Waals surface area contributed by atoms with Crippen molar-refractivity contribution in [2.45, 2.75) is 6.92 Å². The zero-order chi connectivity index (χ0) is 13.8. The van der Waals surface area contributed by atoms with Gasteiger partial charge in [-0.2, -0.15) is 0 Å². The van der Waals surface area contributed by atoms with E-state index in [1.54, 1.807) is 25.1 Å². The Hall–Kier alpha value is -0.870. The molecule has 5 nitrogen and oxygen atoms in total. The molecule has 1 rings (SSSR count). The molecule has 0 saturated carbocycles. The Morgan fingerprint density at radius 1 is 1.28 bits per heavy atom. The highest BCUT2D eigenvalue weighted by Gasteiger charge is 2.15. The van der Waals surface area contributed by atoms with E-state index in [0.717, 1.165) is 5.56 Å². The first-order valence-corrected chi connectivity index (χ1v) is 7.17. The van der Waals surface area contributed by atoms with E-state index >= 15 is 0 Å². The number of phosphoric ester groups is 1. The summed E-state index contributed by atoms with van der Waals surface area (Å²) in [6, 6.07) is 6.91. The molecule has 6 heteroatoms. The number of quaternary nitrogens is 1. The summed E-state index contributed by atoms with van der Waals surface area (Å²) in [6.07, 6.45) is 0. The standard InChI is InChI=1S/C12H20NO4P/c1-11-7-5-6-8-12(11)17-18(14,15)16-10-9-13(2,3)4/h5-8H,9-10H2,1-4H3. The van der Waals surface area contributed by atoms with Crippen LogP contribution in [0.25, 0.3) is 0 Å². The molecule has 0 N–H and O–H groups in total. The Kier molecular flexibility index (Phi) is 4.93. The van der Waals surface area contributed by atoms with Crippen molar-refractivity contribution < 1.29 is 23.0 Å². The van der Waals surface area contributed by atoms with E-state index in [-0.39, 0.29) is 6.61 Å². The van der Waals surface area contributed by atoms with Crippen molar-refractivity contribution in [3.05, 3.63) is 29.8 Å². The average molecular weight is 273 g/mol. The third-order valence-electron chi connectivity index (χ3n) is 2.32. The molecule has 0 aliphatic heterocycles. The predicted octanol–water partition coefficient (Wildman–Crippen LogP) is 1.57. The number of benzene rings is 1. The van der Waals surface area contributed by atoms with Crippen molar-refractivity contribution in [1.29, 1.82) is 0 Å². The molecule has 0 aliphatic rings. The quantitative estimate of drug-likeness (QED) is 0.583. The van der Waals surface area contributed by atoms with Gasteiger partial charge >= 0.3 is 7.82 Å². The molecule has 18 heavy (non-hydrogen) atoms. The van der Waals surface area contributed by atoms with Crippen molar-refractivity contribution in [2.75, 3.05) is 34.3 Å². The molecule has 0 aromatic heterocycles. The third-order valence-corrected chi connectivity index (χ3v) is 3.23. The molecule has 0 spiro atoms. The SMILES string of the molecule is Cc1ccccc1OP(=O)([O-])OCC[N+](C)(C)C. The van der Waals surface area contributed by atoms with E-state index in [0.29, 0.717) is 16.8 Å². The number of phosphoric acid groups is 1. The lowest BCUT2D eigenvalue weighted by Gasteiger charge is -2.27. The molecule has 0 aliphatic carbocycles. The Morgan fingerprint density at radius 2 is 1.89 bits per heavy atom. The van der Waals surface area contributed by atoms with Crippen LogP contribution in [0.4, 0.5) is 0 Å². The number of hydrogen-bond donors (Lipinski definition) is 0. The molecule has 0 amide bonds. The molecule has 0 fully saturated rings. The molecular weight excluding hydrogens is 253 g/mol. The summed E-state index contributed by atoms with van der Waals surface area (Å²) in [6.45, 7) is 2.47. The lowest BCUT2D eigenvalue weighted by Crippen LogP contribution is -2.37. The van der Waals surface area contributed by atoms with Gasteiger partial charge in [0.1, 0.15) is 18.9 Å². The van der Waals surface area contributed by atoms with E-state index in [1.807, 2.05) is 27.2 Å². The Balaban J connectivity index is 2.55. The monoisotopic (exact) mass is 273 g/mol. The van der Waals surface area contributed by atoms with Gasteiger partial charge in [-0.15, -0.1) is 0 Å². The number of rotatable bonds is 6. The van der Waals surface area contributed by atoms with Crippen LogP contribution >= 0.6 is 7.82 Å². The van der Waals surface area contributed by atoms with Crippen LogP contribution in [-0.2, 0) is 9.09 Å². The largest absolute Gasteiger partial charge is 0.746 e. The van der Waals surface area contributed by atoms with Gasteiger partial charge in [0.2, 0.25) is 0 Å². The van der Waals surface area contributed by atoms with Gasteiger partial charge in [0.05, 0.1) is 21.1 Å². The Labute approximate surface area is 108 Å². The minimum absolute atomic E-state index is 0.107. The second kappa shape index (κ2) is 5.85.